The van der Waals surface area contributed by atoms with E-state index in [0.717, 1.165) is 41.9 Å². The smallest absolute Gasteiger partial charge is 0.0309 e. The Morgan fingerprint density at radius 3 is 1.66 bits per heavy atom. The summed E-state index contributed by atoms with van der Waals surface area (Å²) in [4.78, 5) is 0. The molecule has 1 N–H and O–H groups in total. The summed E-state index contributed by atoms with van der Waals surface area (Å²) in [5.41, 5.74) is 8.48. The molecular weight excluding hydrogens is 639 g/mol. The van der Waals surface area contributed by atoms with Gasteiger partial charge in [-0.1, -0.05) is 170 Å². The second kappa shape index (κ2) is 23.8. The van der Waals surface area contributed by atoms with Crippen molar-refractivity contribution >= 4 is 0 Å². The van der Waals surface area contributed by atoms with Crippen LogP contribution in [-0.2, 0) is 0 Å². The Bertz CT molecular complexity index is 1160. The van der Waals surface area contributed by atoms with Crippen molar-refractivity contribution in [3.63, 3.8) is 0 Å². The predicted molar refractivity (Wildman–Crippen MR) is 244 cm³/mol. The van der Waals surface area contributed by atoms with Gasteiger partial charge in [-0.2, -0.15) is 0 Å². The molecule has 0 aromatic rings. The third-order valence-electron chi connectivity index (χ3n) is 12.4. The van der Waals surface area contributed by atoms with Gasteiger partial charge in [0.2, 0.25) is 0 Å². The zero-order valence-corrected chi connectivity index (χ0v) is 38.5. The zero-order chi connectivity index (χ0) is 41.3. The quantitative estimate of drug-likeness (QED) is 0.0915. The highest BCUT2D eigenvalue weighted by atomic mass is 14.9. The van der Waals surface area contributed by atoms with E-state index in [0.29, 0.717) is 34.6 Å². The maximum Gasteiger partial charge on any atom is 0.0309 e. The van der Waals surface area contributed by atoms with Crippen LogP contribution in [0, 0.1) is 51.8 Å². The minimum absolute atomic E-state index is 0.274. The monoisotopic (exact) mass is 732 g/mol. The summed E-state index contributed by atoms with van der Waals surface area (Å²) >= 11 is 0. The summed E-state index contributed by atoms with van der Waals surface area (Å²) < 4.78 is 0. The molecule has 0 spiro atoms. The molecule has 2 rings (SSSR count). The molecule has 1 nitrogen and oxygen atoms in total. The number of hydrogen-bond acceptors (Lipinski definition) is 1. The maximum atomic E-state index is 4.54. The number of allylic oxidation sites excluding steroid dienone is 7. The summed E-state index contributed by atoms with van der Waals surface area (Å²) in [5, 5.41) is 3.52. The van der Waals surface area contributed by atoms with E-state index in [1.807, 2.05) is 19.9 Å². The zero-order valence-electron chi connectivity index (χ0n) is 38.5. The first kappa shape index (κ1) is 51.0. The SMILES string of the molecule is C=C(C)CC(CCC(C)C(C)(C)C)C(=C)C(CC)C(C)(C)C.C=C(CCC1CC1)CCC(NC(=C)C)C(C)(C)C.C=CC(CC1CCC1)C(=C)C(=C)C. The van der Waals surface area contributed by atoms with Crippen molar-refractivity contribution in [1.82, 2.24) is 5.32 Å². The van der Waals surface area contributed by atoms with Crippen LogP contribution in [0.25, 0.3) is 0 Å². The molecular formula is C52H93N. The maximum absolute atomic E-state index is 4.54. The van der Waals surface area contributed by atoms with Crippen LogP contribution in [0.3, 0.4) is 0 Å². The van der Waals surface area contributed by atoms with E-state index < -0.39 is 0 Å². The third-order valence-corrected chi connectivity index (χ3v) is 12.4. The molecule has 0 aromatic heterocycles. The van der Waals surface area contributed by atoms with Crippen LogP contribution in [0.2, 0.25) is 0 Å². The van der Waals surface area contributed by atoms with E-state index in [9.17, 15) is 0 Å². The normalized spacial score (nSPS) is 17.5. The van der Waals surface area contributed by atoms with Gasteiger partial charge in [0.1, 0.15) is 0 Å². The number of nitrogens with one attached hydrogen (secondary N) is 1. The lowest BCUT2D eigenvalue weighted by Gasteiger charge is -2.36. The second-order valence-corrected chi connectivity index (χ2v) is 20.9. The van der Waals surface area contributed by atoms with E-state index in [1.165, 1.54) is 99.3 Å². The van der Waals surface area contributed by atoms with E-state index in [-0.39, 0.29) is 5.41 Å². The Balaban J connectivity index is 0.000000789. The van der Waals surface area contributed by atoms with Gasteiger partial charge in [-0.05, 0) is 130 Å². The highest BCUT2D eigenvalue weighted by Gasteiger charge is 2.31. The first-order valence-electron chi connectivity index (χ1n) is 21.6. The molecule has 2 fully saturated rings. The van der Waals surface area contributed by atoms with Crippen molar-refractivity contribution in [2.24, 2.45) is 51.8 Å². The van der Waals surface area contributed by atoms with Crippen molar-refractivity contribution in [3.05, 3.63) is 85.7 Å². The Labute approximate surface area is 334 Å². The van der Waals surface area contributed by atoms with Gasteiger partial charge in [0.05, 0.1) is 0 Å². The Hall–Kier alpha value is -2.02. The fraction of sp³-hybridized carbons (Fsp3) is 0.731. The standard InChI is InChI=1S/C22H42.C17H31N.C13H20/c1-12-20(22(9,10)11)18(5)19(15-16(2)3)14-13-17(4)21(6,7)8;1-13(2)18-16(17(4,5)6)12-8-14(3)7-9-15-10-11-15;1-5-13(11(4)10(2)3)9-12-7-6-8-12/h17,19-20H,2,5,12-15H2,1,3-4,6-11H3;15-16,18H,1,3,7-12H2,2,4-6H3;5,12-13H,1-2,4,6-9H2,3H3. The van der Waals surface area contributed by atoms with Crippen molar-refractivity contribution in [2.45, 2.75) is 193 Å². The van der Waals surface area contributed by atoms with Crippen LogP contribution in [0.1, 0.15) is 187 Å². The van der Waals surface area contributed by atoms with Crippen molar-refractivity contribution in [2.75, 3.05) is 0 Å². The summed E-state index contributed by atoms with van der Waals surface area (Å²) in [5.74, 6) is 4.33. The summed E-state index contributed by atoms with van der Waals surface area (Å²) in [6.45, 7) is 60.7. The summed E-state index contributed by atoms with van der Waals surface area (Å²) in [6.07, 6.45) is 20.1. The first-order valence-corrected chi connectivity index (χ1v) is 21.6. The molecule has 0 aliphatic heterocycles. The molecule has 0 amide bonds. The van der Waals surface area contributed by atoms with Gasteiger partial charge in [-0.25, -0.2) is 0 Å². The average Bonchev–Trinajstić information content (AvgIpc) is 3.83. The second-order valence-electron chi connectivity index (χ2n) is 20.9. The Morgan fingerprint density at radius 2 is 1.30 bits per heavy atom. The highest BCUT2D eigenvalue weighted by molar-refractivity contribution is 5.28. The van der Waals surface area contributed by atoms with Crippen LogP contribution in [0.5, 0.6) is 0 Å². The van der Waals surface area contributed by atoms with Gasteiger partial charge in [-0.15, -0.1) is 13.2 Å². The van der Waals surface area contributed by atoms with Gasteiger partial charge in [0.15, 0.2) is 0 Å². The fourth-order valence-electron chi connectivity index (χ4n) is 7.53. The molecule has 2 aliphatic rings. The van der Waals surface area contributed by atoms with Gasteiger partial charge in [-0.3, -0.25) is 0 Å². The molecule has 0 radical (unpaired) electrons. The summed E-state index contributed by atoms with van der Waals surface area (Å²) in [6, 6.07) is 0.493. The van der Waals surface area contributed by atoms with E-state index >= 15 is 0 Å². The lowest BCUT2D eigenvalue weighted by Crippen LogP contribution is -2.39. The lowest BCUT2D eigenvalue weighted by molar-refractivity contribution is 0.218. The predicted octanol–water partition coefficient (Wildman–Crippen LogP) is 16.8. The molecule has 1 heteroatoms. The minimum atomic E-state index is 0.274. The minimum Gasteiger partial charge on any atom is -0.386 e. The third kappa shape index (κ3) is 22.2. The molecule has 5 atom stereocenters. The molecule has 0 heterocycles. The van der Waals surface area contributed by atoms with Gasteiger partial charge in [0.25, 0.3) is 0 Å². The topological polar surface area (TPSA) is 12.0 Å². The molecule has 2 saturated carbocycles. The van der Waals surface area contributed by atoms with Gasteiger partial charge < -0.3 is 5.32 Å². The molecule has 0 aromatic carbocycles. The first-order chi connectivity index (χ1) is 24.2. The molecule has 0 bridgehead atoms. The van der Waals surface area contributed by atoms with Crippen molar-refractivity contribution in [3.8, 4) is 0 Å². The molecule has 5 unspecified atom stereocenters. The Kier molecular flexibility index (Phi) is 22.9. The Morgan fingerprint density at radius 1 is 0.736 bits per heavy atom. The molecule has 2 aliphatic carbocycles. The van der Waals surface area contributed by atoms with Gasteiger partial charge >= 0.3 is 0 Å². The molecule has 0 saturated heterocycles. The van der Waals surface area contributed by atoms with Crippen LogP contribution < -0.4 is 5.32 Å². The molecule has 306 valence electrons. The lowest BCUT2D eigenvalue weighted by atomic mass is 9.69. The highest BCUT2D eigenvalue weighted by Crippen LogP contribution is 2.42. The van der Waals surface area contributed by atoms with E-state index in [2.05, 4.69) is 134 Å². The van der Waals surface area contributed by atoms with Gasteiger partial charge in [0, 0.05) is 17.7 Å². The fourth-order valence-corrected chi connectivity index (χ4v) is 7.53. The van der Waals surface area contributed by atoms with Crippen LogP contribution in [-0.4, -0.2) is 6.04 Å². The number of rotatable bonds is 21. The van der Waals surface area contributed by atoms with Crippen molar-refractivity contribution in [1.29, 1.82) is 0 Å². The molecule has 53 heavy (non-hydrogen) atoms. The summed E-state index contributed by atoms with van der Waals surface area (Å²) in [7, 11) is 0. The largest absolute Gasteiger partial charge is 0.386 e. The number of hydrogen-bond donors (Lipinski definition) is 1. The van der Waals surface area contributed by atoms with E-state index in [4.69, 9.17) is 0 Å². The van der Waals surface area contributed by atoms with Crippen LogP contribution in [0.4, 0.5) is 0 Å². The van der Waals surface area contributed by atoms with Crippen molar-refractivity contribution < 1.29 is 0 Å². The van der Waals surface area contributed by atoms with Crippen LogP contribution >= 0.6 is 0 Å². The average molecular weight is 732 g/mol. The van der Waals surface area contributed by atoms with Crippen LogP contribution in [0.15, 0.2) is 85.7 Å². The van der Waals surface area contributed by atoms with E-state index in [1.54, 1.807) is 0 Å².